The summed E-state index contributed by atoms with van der Waals surface area (Å²) in [6.45, 7) is 7.95. The van der Waals surface area contributed by atoms with Crippen molar-refractivity contribution in [2.24, 2.45) is 5.41 Å². The molecule has 0 radical (unpaired) electrons. The van der Waals surface area contributed by atoms with Gasteiger partial charge in [0.25, 0.3) is 0 Å². The number of nitrogens with zero attached hydrogens (tertiary/aromatic N) is 2. The molecule has 0 aromatic carbocycles. The number of alkyl halides is 1. The van der Waals surface area contributed by atoms with Crippen molar-refractivity contribution >= 4 is 39.9 Å². The van der Waals surface area contributed by atoms with Gasteiger partial charge in [0, 0.05) is 17.8 Å². The number of anilines is 1. The highest BCUT2D eigenvalue weighted by molar-refractivity contribution is 7.13. The molecule has 21 heavy (non-hydrogen) atoms. The highest BCUT2D eigenvalue weighted by Gasteiger charge is 2.31. The van der Waals surface area contributed by atoms with Crippen LogP contribution >= 0.6 is 22.9 Å². The smallest absolute Gasteiger partial charge is 0.245 e. The van der Waals surface area contributed by atoms with E-state index >= 15 is 0 Å². The topological polar surface area (TPSA) is 62.3 Å². The van der Waals surface area contributed by atoms with Crippen LogP contribution in [0.5, 0.6) is 0 Å². The zero-order valence-corrected chi connectivity index (χ0v) is 14.5. The summed E-state index contributed by atoms with van der Waals surface area (Å²) in [4.78, 5) is 30.2. The highest BCUT2D eigenvalue weighted by Crippen LogP contribution is 2.21. The van der Waals surface area contributed by atoms with Crippen LogP contribution in [0.3, 0.4) is 0 Å². The first-order valence-corrected chi connectivity index (χ1v) is 8.29. The second-order valence-corrected chi connectivity index (χ2v) is 6.71. The summed E-state index contributed by atoms with van der Waals surface area (Å²) in [6, 6.07) is 0. The molecule has 1 aromatic rings. The van der Waals surface area contributed by atoms with E-state index in [0.717, 1.165) is 12.1 Å². The first kappa shape index (κ1) is 17.9. The van der Waals surface area contributed by atoms with Gasteiger partial charge >= 0.3 is 0 Å². The SMILES string of the molecule is CCCN(CC(=O)Nc1nc(C)cs1)C(=O)C(C)(C)CCl. The third kappa shape index (κ3) is 5.28. The first-order chi connectivity index (χ1) is 9.80. The second kappa shape index (κ2) is 7.75. The number of rotatable bonds is 7. The minimum absolute atomic E-state index is 0.0195. The van der Waals surface area contributed by atoms with Gasteiger partial charge in [0.2, 0.25) is 11.8 Å². The molecule has 2 amide bonds. The number of thiazole rings is 1. The summed E-state index contributed by atoms with van der Waals surface area (Å²) >= 11 is 7.21. The van der Waals surface area contributed by atoms with Crippen LogP contribution in [0.1, 0.15) is 32.9 Å². The third-order valence-corrected chi connectivity index (χ3v) is 4.44. The zero-order chi connectivity index (χ0) is 16.0. The van der Waals surface area contributed by atoms with Crippen LogP contribution in [-0.2, 0) is 9.59 Å². The Labute approximate surface area is 134 Å². The maximum absolute atomic E-state index is 12.4. The monoisotopic (exact) mass is 331 g/mol. The lowest BCUT2D eigenvalue weighted by molar-refractivity contribution is -0.141. The van der Waals surface area contributed by atoms with Gasteiger partial charge in [-0.1, -0.05) is 6.92 Å². The number of nitrogens with one attached hydrogen (secondary N) is 1. The van der Waals surface area contributed by atoms with Gasteiger partial charge in [-0.3, -0.25) is 9.59 Å². The van der Waals surface area contributed by atoms with Gasteiger partial charge in [-0.05, 0) is 27.2 Å². The van der Waals surface area contributed by atoms with E-state index in [2.05, 4.69) is 10.3 Å². The molecule has 7 heteroatoms. The minimum Gasteiger partial charge on any atom is -0.333 e. The Kier molecular flexibility index (Phi) is 6.61. The quantitative estimate of drug-likeness (QED) is 0.781. The molecule has 0 atom stereocenters. The van der Waals surface area contributed by atoms with E-state index in [9.17, 15) is 9.59 Å². The molecule has 0 bridgehead atoms. The average molecular weight is 332 g/mol. The molecular formula is C14H22ClN3O2S. The highest BCUT2D eigenvalue weighted by atomic mass is 35.5. The van der Waals surface area contributed by atoms with Gasteiger partial charge in [0.15, 0.2) is 5.13 Å². The molecule has 0 spiro atoms. The van der Waals surface area contributed by atoms with Gasteiger partial charge in [-0.25, -0.2) is 4.98 Å². The van der Waals surface area contributed by atoms with E-state index in [4.69, 9.17) is 11.6 Å². The number of carbonyl (C=O) groups excluding carboxylic acids is 2. The van der Waals surface area contributed by atoms with Crippen molar-refractivity contribution in [1.29, 1.82) is 0 Å². The summed E-state index contributed by atoms with van der Waals surface area (Å²) < 4.78 is 0. The van der Waals surface area contributed by atoms with Crippen molar-refractivity contribution in [1.82, 2.24) is 9.88 Å². The summed E-state index contributed by atoms with van der Waals surface area (Å²) in [5.41, 5.74) is 0.189. The Morgan fingerprint density at radius 3 is 2.62 bits per heavy atom. The molecule has 1 heterocycles. The average Bonchev–Trinajstić information content (AvgIpc) is 2.82. The molecular weight excluding hydrogens is 310 g/mol. The number of hydrogen-bond donors (Lipinski definition) is 1. The predicted octanol–water partition coefficient (Wildman–Crippen LogP) is 2.89. The van der Waals surface area contributed by atoms with Crippen molar-refractivity contribution in [3.63, 3.8) is 0 Å². The molecule has 0 aliphatic carbocycles. The first-order valence-electron chi connectivity index (χ1n) is 6.87. The number of aryl methyl sites for hydroxylation is 1. The van der Waals surface area contributed by atoms with Gasteiger partial charge in [-0.15, -0.1) is 22.9 Å². The lowest BCUT2D eigenvalue weighted by Gasteiger charge is -2.29. The third-order valence-electron chi connectivity index (χ3n) is 2.89. The van der Waals surface area contributed by atoms with Gasteiger partial charge in [0.05, 0.1) is 17.7 Å². The number of halogens is 1. The maximum Gasteiger partial charge on any atom is 0.245 e. The van der Waals surface area contributed by atoms with Crippen molar-refractivity contribution in [2.45, 2.75) is 34.1 Å². The molecule has 0 saturated heterocycles. The molecule has 1 rings (SSSR count). The molecule has 0 aliphatic rings. The van der Waals surface area contributed by atoms with Crippen LogP contribution in [0.15, 0.2) is 5.38 Å². The fourth-order valence-corrected chi connectivity index (χ4v) is 2.57. The largest absolute Gasteiger partial charge is 0.333 e. The van der Waals surface area contributed by atoms with E-state index in [1.54, 1.807) is 18.7 Å². The molecule has 0 saturated carbocycles. The molecule has 118 valence electrons. The molecule has 5 nitrogen and oxygen atoms in total. The lowest BCUT2D eigenvalue weighted by Crippen LogP contribution is -2.45. The maximum atomic E-state index is 12.4. The Balaban J connectivity index is 2.69. The Hall–Kier alpha value is -1.14. The fraction of sp³-hybridized carbons (Fsp3) is 0.643. The number of amides is 2. The summed E-state index contributed by atoms with van der Waals surface area (Å²) in [5, 5.41) is 5.13. The minimum atomic E-state index is -0.672. The van der Waals surface area contributed by atoms with E-state index in [1.165, 1.54) is 11.3 Å². The van der Waals surface area contributed by atoms with Crippen LogP contribution < -0.4 is 5.32 Å². The molecule has 1 aromatic heterocycles. The van der Waals surface area contributed by atoms with Crippen LogP contribution in [0, 0.1) is 12.3 Å². The lowest BCUT2D eigenvalue weighted by atomic mass is 9.94. The zero-order valence-electron chi connectivity index (χ0n) is 12.9. The van der Waals surface area contributed by atoms with Crippen LogP contribution in [-0.4, -0.2) is 40.7 Å². The Bertz CT molecular complexity index is 502. The van der Waals surface area contributed by atoms with Crippen molar-refractivity contribution < 1.29 is 9.59 Å². The van der Waals surface area contributed by atoms with Crippen LogP contribution in [0.2, 0.25) is 0 Å². The van der Waals surface area contributed by atoms with Gasteiger partial charge in [-0.2, -0.15) is 0 Å². The van der Waals surface area contributed by atoms with E-state index in [1.807, 2.05) is 19.2 Å². The number of hydrogen-bond acceptors (Lipinski definition) is 4. The predicted molar refractivity (Wildman–Crippen MR) is 86.9 cm³/mol. The fourth-order valence-electron chi connectivity index (χ4n) is 1.75. The summed E-state index contributed by atoms with van der Waals surface area (Å²) in [7, 11) is 0. The van der Waals surface area contributed by atoms with Gasteiger partial charge < -0.3 is 10.2 Å². The Morgan fingerprint density at radius 2 is 2.14 bits per heavy atom. The van der Waals surface area contributed by atoms with Gasteiger partial charge in [0.1, 0.15) is 0 Å². The molecule has 0 fully saturated rings. The molecule has 0 aliphatic heterocycles. The van der Waals surface area contributed by atoms with Crippen molar-refractivity contribution in [2.75, 3.05) is 24.3 Å². The summed E-state index contributed by atoms with van der Waals surface area (Å²) in [6.07, 6.45) is 0.785. The number of carbonyl (C=O) groups is 2. The number of aromatic nitrogens is 1. The second-order valence-electron chi connectivity index (χ2n) is 5.59. The summed E-state index contributed by atoms with van der Waals surface area (Å²) in [5.74, 6) is -0.124. The standard InChI is InChI=1S/C14H22ClN3O2S/c1-5-6-18(12(20)14(3,4)9-15)7-11(19)17-13-16-10(2)8-21-13/h8H,5-7,9H2,1-4H3,(H,16,17,19). The van der Waals surface area contributed by atoms with Crippen molar-refractivity contribution in [3.05, 3.63) is 11.1 Å². The van der Waals surface area contributed by atoms with Crippen LogP contribution in [0.25, 0.3) is 0 Å². The Morgan fingerprint density at radius 1 is 1.48 bits per heavy atom. The van der Waals surface area contributed by atoms with E-state index in [0.29, 0.717) is 11.7 Å². The normalized spacial score (nSPS) is 11.3. The van der Waals surface area contributed by atoms with Crippen molar-refractivity contribution in [3.8, 4) is 0 Å². The van der Waals surface area contributed by atoms with E-state index in [-0.39, 0.29) is 24.2 Å². The van der Waals surface area contributed by atoms with Crippen LogP contribution in [0.4, 0.5) is 5.13 Å². The molecule has 0 unspecified atom stereocenters. The molecule has 1 N–H and O–H groups in total. The van der Waals surface area contributed by atoms with E-state index < -0.39 is 5.41 Å².